The fraction of sp³-hybridized carbons (Fsp3) is 0.150. The number of rotatable bonds is 5. The zero-order valence-corrected chi connectivity index (χ0v) is 14.9. The molecular weight excluding hydrogens is 328 g/mol. The van der Waals surface area contributed by atoms with Crippen LogP contribution in [0.5, 0.6) is 5.75 Å². The number of para-hydroxylation sites is 2. The second-order valence-electron chi connectivity index (χ2n) is 5.79. The Morgan fingerprint density at radius 2 is 1.77 bits per heavy atom. The van der Waals surface area contributed by atoms with Gasteiger partial charge >= 0.3 is 0 Å². The zero-order chi connectivity index (χ0) is 18.5. The first-order valence-electron chi connectivity index (χ1n) is 8.19. The lowest BCUT2D eigenvalue weighted by Gasteiger charge is -2.11. The molecule has 0 spiro atoms. The highest BCUT2D eigenvalue weighted by atomic mass is 16.5. The van der Waals surface area contributed by atoms with Gasteiger partial charge in [0.15, 0.2) is 0 Å². The molecule has 3 aromatic rings. The number of anilines is 3. The summed E-state index contributed by atoms with van der Waals surface area (Å²) in [5.41, 5.74) is 4.04. The fourth-order valence-electron chi connectivity index (χ4n) is 2.49. The van der Waals surface area contributed by atoms with E-state index >= 15 is 0 Å². The van der Waals surface area contributed by atoms with E-state index in [1.807, 2.05) is 44.2 Å². The number of aromatic nitrogens is 2. The van der Waals surface area contributed by atoms with Crippen LogP contribution in [0, 0.1) is 13.8 Å². The minimum Gasteiger partial charge on any atom is -0.495 e. The van der Waals surface area contributed by atoms with E-state index in [0.717, 1.165) is 11.3 Å². The van der Waals surface area contributed by atoms with Crippen molar-refractivity contribution in [2.45, 2.75) is 13.8 Å². The van der Waals surface area contributed by atoms with Crippen LogP contribution in [0.1, 0.15) is 21.6 Å². The summed E-state index contributed by atoms with van der Waals surface area (Å²) in [5.74, 6) is 0.621. The number of nitrogens with zero attached hydrogens (tertiary/aromatic N) is 2. The predicted octanol–water partition coefficient (Wildman–Crippen LogP) is 4.10. The van der Waals surface area contributed by atoms with Gasteiger partial charge in [-0.3, -0.25) is 4.79 Å². The number of carbonyl (C=O) groups excluding carboxylic acids is 1. The molecule has 1 heterocycles. The standard InChI is InChI=1S/C20H20N4O2/c1-13-7-6-9-15(14(13)2)23-20-21-12-11-17(24-20)19(25)22-16-8-4-5-10-18(16)26-3/h4-12H,1-3H3,(H,22,25)(H,21,23,24). The first kappa shape index (κ1) is 17.4. The summed E-state index contributed by atoms with van der Waals surface area (Å²) in [6.45, 7) is 4.06. The lowest BCUT2D eigenvalue weighted by atomic mass is 10.1. The first-order valence-corrected chi connectivity index (χ1v) is 8.19. The number of methoxy groups -OCH3 is 1. The Hall–Kier alpha value is -3.41. The Balaban J connectivity index is 1.80. The summed E-state index contributed by atoms with van der Waals surface area (Å²) in [5, 5.41) is 5.98. The smallest absolute Gasteiger partial charge is 0.274 e. The Kier molecular flexibility index (Phi) is 5.12. The predicted molar refractivity (Wildman–Crippen MR) is 102 cm³/mol. The molecule has 132 valence electrons. The molecular formula is C20H20N4O2. The largest absolute Gasteiger partial charge is 0.495 e. The van der Waals surface area contributed by atoms with Crippen LogP contribution < -0.4 is 15.4 Å². The number of nitrogens with one attached hydrogen (secondary N) is 2. The second kappa shape index (κ2) is 7.65. The van der Waals surface area contributed by atoms with E-state index in [4.69, 9.17) is 4.74 Å². The zero-order valence-electron chi connectivity index (χ0n) is 14.9. The van der Waals surface area contributed by atoms with Crippen LogP contribution in [0.25, 0.3) is 0 Å². The minimum atomic E-state index is -0.332. The van der Waals surface area contributed by atoms with Crippen LogP contribution in [0.2, 0.25) is 0 Å². The van der Waals surface area contributed by atoms with Crippen LogP contribution in [0.15, 0.2) is 54.7 Å². The van der Waals surface area contributed by atoms with Gasteiger partial charge in [0.25, 0.3) is 5.91 Å². The molecule has 0 aliphatic carbocycles. The number of aryl methyl sites for hydroxylation is 1. The van der Waals surface area contributed by atoms with E-state index in [-0.39, 0.29) is 11.6 Å². The molecule has 0 unspecified atom stereocenters. The maximum atomic E-state index is 12.5. The molecule has 2 aromatic carbocycles. The Morgan fingerprint density at radius 3 is 2.58 bits per heavy atom. The SMILES string of the molecule is COc1ccccc1NC(=O)c1ccnc(Nc2cccc(C)c2C)n1. The molecule has 0 fully saturated rings. The van der Waals surface area contributed by atoms with E-state index in [0.29, 0.717) is 17.4 Å². The number of ether oxygens (including phenoxy) is 1. The van der Waals surface area contributed by atoms with Crippen molar-refractivity contribution in [3.05, 3.63) is 71.5 Å². The van der Waals surface area contributed by atoms with Gasteiger partial charge in [0, 0.05) is 11.9 Å². The number of amides is 1. The van der Waals surface area contributed by atoms with Crippen LogP contribution in [0.4, 0.5) is 17.3 Å². The van der Waals surface area contributed by atoms with Gasteiger partial charge in [0.2, 0.25) is 5.95 Å². The highest BCUT2D eigenvalue weighted by molar-refractivity contribution is 6.03. The highest BCUT2D eigenvalue weighted by Crippen LogP contribution is 2.24. The Bertz CT molecular complexity index is 941. The van der Waals surface area contributed by atoms with Crippen molar-refractivity contribution in [1.82, 2.24) is 9.97 Å². The maximum absolute atomic E-state index is 12.5. The third-order valence-corrected chi connectivity index (χ3v) is 4.09. The third kappa shape index (κ3) is 3.80. The molecule has 0 aliphatic rings. The Morgan fingerprint density at radius 1 is 1.00 bits per heavy atom. The van der Waals surface area contributed by atoms with Gasteiger partial charge in [-0.25, -0.2) is 9.97 Å². The van der Waals surface area contributed by atoms with Gasteiger partial charge in [-0.05, 0) is 49.2 Å². The summed E-state index contributed by atoms with van der Waals surface area (Å²) in [4.78, 5) is 21.0. The molecule has 1 aromatic heterocycles. The van der Waals surface area contributed by atoms with Crippen molar-refractivity contribution in [2.75, 3.05) is 17.7 Å². The van der Waals surface area contributed by atoms with Crippen molar-refractivity contribution in [3.8, 4) is 5.75 Å². The molecule has 6 heteroatoms. The topological polar surface area (TPSA) is 76.1 Å². The third-order valence-electron chi connectivity index (χ3n) is 4.09. The molecule has 26 heavy (non-hydrogen) atoms. The molecule has 0 bridgehead atoms. The van der Waals surface area contributed by atoms with Crippen molar-refractivity contribution in [3.63, 3.8) is 0 Å². The van der Waals surface area contributed by atoms with Crippen LogP contribution in [0.3, 0.4) is 0 Å². The monoisotopic (exact) mass is 348 g/mol. The molecule has 0 radical (unpaired) electrons. The summed E-state index contributed by atoms with van der Waals surface area (Å²) in [7, 11) is 1.56. The van der Waals surface area contributed by atoms with E-state index in [2.05, 4.69) is 20.6 Å². The van der Waals surface area contributed by atoms with E-state index < -0.39 is 0 Å². The number of benzene rings is 2. The van der Waals surface area contributed by atoms with E-state index in [1.165, 1.54) is 5.56 Å². The molecule has 1 amide bonds. The van der Waals surface area contributed by atoms with E-state index in [9.17, 15) is 4.79 Å². The van der Waals surface area contributed by atoms with Gasteiger partial charge in [0.1, 0.15) is 11.4 Å². The summed E-state index contributed by atoms with van der Waals surface area (Å²) in [6.07, 6.45) is 1.55. The number of hydrogen-bond acceptors (Lipinski definition) is 5. The lowest BCUT2D eigenvalue weighted by molar-refractivity contribution is 0.102. The molecule has 0 saturated carbocycles. The molecule has 0 saturated heterocycles. The lowest BCUT2D eigenvalue weighted by Crippen LogP contribution is -2.15. The van der Waals surface area contributed by atoms with Crippen molar-refractivity contribution in [1.29, 1.82) is 0 Å². The summed E-state index contributed by atoms with van der Waals surface area (Å²) >= 11 is 0. The highest BCUT2D eigenvalue weighted by Gasteiger charge is 2.12. The normalized spacial score (nSPS) is 10.3. The quantitative estimate of drug-likeness (QED) is 0.726. The Labute approximate surface area is 152 Å². The fourth-order valence-corrected chi connectivity index (χ4v) is 2.49. The van der Waals surface area contributed by atoms with Gasteiger partial charge in [-0.1, -0.05) is 24.3 Å². The summed E-state index contributed by atoms with van der Waals surface area (Å²) < 4.78 is 5.25. The van der Waals surface area contributed by atoms with Gasteiger partial charge in [0.05, 0.1) is 12.8 Å². The van der Waals surface area contributed by atoms with Gasteiger partial charge in [-0.2, -0.15) is 0 Å². The number of hydrogen-bond donors (Lipinski definition) is 2. The van der Waals surface area contributed by atoms with Crippen molar-refractivity contribution >= 4 is 23.2 Å². The molecule has 0 aliphatic heterocycles. The van der Waals surface area contributed by atoms with Crippen LogP contribution in [-0.4, -0.2) is 23.0 Å². The molecule has 3 rings (SSSR count). The average molecular weight is 348 g/mol. The average Bonchev–Trinajstić information content (AvgIpc) is 2.66. The van der Waals surface area contributed by atoms with Gasteiger partial charge < -0.3 is 15.4 Å². The summed E-state index contributed by atoms with van der Waals surface area (Å²) in [6, 6.07) is 14.7. The minimum absolute atomic E-state index is 0.263. The van der Waals surface area contributed by atoms with Crippen molar-refractivity contribution < 1.29 is 9.53 Å². The van der Waals surface area contributed by atoms with Crippen molar-refractivity contribution in [2.24, 2.45) is 0 Å². The molecule has 6 nitrogen and oxygen atoms in total. The molecule has 0 atom stereocenters. The second-order valence-corrected chi connectivity index (χ2v) is 5.79. The van der Waals surface area contributed by atoms with Gasteiger partial charge in [-0.15, -0.1) is 0 Å². The van der Waals surface area contributed by atoms with Crippen LogP contribution >= 0.6 is 0 Å². The van der Waals surface area contributed by atoms with E-state index in [1.54, 1.807) is 31.5 Å². The van der Waals surface area contributed by atoms with Crippen LogP contribution in [-0.2, 0) is 0 Å². The number of carbonyl (C=O) groups is 1. The first-order chi connectivity index (χ1) is 12.6. The molecule has 2 N–H and O–H groups in total. The maximum Gasteiger partial charge on any atom is 0.274 e.